The molecular weight excluding hydrogens is 578 g/mol. The van der Waals surface area contributed by atoms with E-state index in [1.165, 1.54) is 16.3 Å². The molecule has 1 atom stereocenters. The Morgan fingerprint density at radius 1 is 0.800 bits per heavy atom. The van der Waals surface area contributed by atoms with Crippen LogP contribution in [0, 0.1) is 5.82 Å². The maximum atomic E-state index is 13.8. The van der Waals surface area contributed by atoms with E-state index in [1.807, 2.05) is 42.7 Å². The number of fused-ring (bicyclic) bond motifs is 6. The molecule has 0 saturated heterocycles. The number of benzene rings is 5. The van der Waals surface area contributed by atoms with Gasteiger partial charge in [-0.1, -0.05) is 48.5 Å². The molecule has 3 nitrogen and oxygen atoms in total. The van der Waals surface area contributed by atoms with Crippen LogP contribution in [0.4, 0.5) is 17.6 Å². The van der Waals surface area contributed by atoms with Crippen LogP contribution in [0.25, 0.3) is 32.3 Å². The van der Waals surface area contributed by atoms with E-state index in [9.17, 15) is 17.6 Å². The third kappa shape index (κ3) is 6.17. The summed E-state index contributed by atoms with van der Waals surface area (Å²) in [6.45, 7) is 0. The molecule has 5 aromatic carbocycles. The van der Waals surface area contributed by atoms with Gasteiger partial charge in [0.25, 0.3) is 0 Å². The van der Waals surface area contributed by atoms with E-state index < -0.39 is 17.6 Å². The van der Waals surface area contributed by atoms with E-state index in [0.717, 1.165) is 76.1 Å². The molecule has 0 bridgehead atoms. The number of alkyl halides is 3. The lowest BCUT2D eigenvalue weighted by Gasteiger charge is -2.28. The number of methoxy groups -OCH3 is 2. The van der Waals surface area contributed by atoms with Crippen LogP contribution in [0.2, 0.25) is 0 Å². The van der Waals surface area contributed by atoms with Crippen molar-refractivity contribution in [1.29, 1.82) is 0 Å². The highest BCUT2D eigenvalue weighted by molar-refractivity contribution is 6.13. The standard InChI is InChI=1S/C29H26F4O2.C9H7N/c1-34-26-8-4-7-23-22-13-12-20-17(5-3-6-21(20)24(22)16-27(35-2)28(23)26)9-10-18-15-19(30)11-14-25(18)29(31,32)33;1-2-4-9-7-10-6-5-8(9)3-1/h4,7-8,11-17H,3,5-6,9-10H2,1-2H3;1-7H/t17-;/m0./s1. The monoisotopic (exact) mass is 611 g/mol. The van der Waals surface area contributed by atoms with E-state index >= 15 is 0 Å². The van der Waals surface area contributed by atoms with Crippen LogP contribution in [-0.2, 0) is 19.0 Å². The second-order valence-electron chi connectivity index (χ2n) is 11.3. The Morgan fingerprint density at radius 3 is 2.36 bits per heavy atom. The normalized spacial score (nSPS) is 14.6. The summed E-state index contributed by atoms with van der Waals surface area (Å²) in [4.78, 5) is 4.01. The number of hydrogen-bond donors (Lipinski definition) is 0. The highest BCUT2D eigenvalue weighted by Crippen LogP contribution is 2.45. The summed E-state index contributed by atoms with van der Waals surface area (Å²) >= 11 is 0. The largest absolute Gasteiger partial charge is 0.496 e. The second kappa shape index (κ2) is 12.8. The molecule has 1 aliphatic carbocycles. The van der Waals surface area contributed by atoms with E-state index in [2.05, 4.69) is 41.4 Å². The van der Waals surface area contributed by atoms with Crippen molar-refractivity contribution in [2.75, 3.05) is 14.2 Å². The molecule has 0 amide bonds. The predicted molar refractivity (Wildman–Crippen MR) is 172 cm³/mol. The molecule has 1 heterocycles. The van der Waals surface area contributed by atoms with Gasteiger partial charge in [-0.05, 0) is 118 Å². The van der Waals surface area contributed by atoms with Crippen molar-refractivity contribution in [2.24, 2.45) is 0 Å². The van der Waals surface area contributed by atoms with E-state index in [4.69, 9.17) is 9.47 Å². The molecule has 1 aliphatic rings. The number of nitrogens with zero attached hydrogens (tertiary/aromatic N) is 1. The summed E-state index contributed by atoms with van der Waals surface area (Å²) in [6.07, 6.45) is 2.63. The van der Waals surface area contributed by atoms with Gasteiger partial charge in [-0.15, -0.1) is 0 Å². The molecule has 0 spiro atoms. The molecule has 0 unspecified atom stereocenters. The van der Waals surface area contributed by atoms with Crippen LogP contribution >= 0.6 is 0 Å². The molecule has 230 valence electrons. The first-order valence-electron chi connectivity index (χ1n) is 15.0. The zero-order valence-electron chi connectivity index (χ0n) is 25.1. The van der Waals surface area contributed by atoms with Crippen molar-refractivity contribution >= 4 is 32.3 Å². The quantitative estimate of drug-likeness (QED) is 0.144. The van der Waals surface area contributed by atoms with Gasteiger partial charge in [0.05, 0.1) is 25.2 Å². The fraction of sp³-hybridized carbons (Fsp3) is 0.237. The molecule has 45 heavy (non-hydrogen) atoms. The van der Waals surface area contributed by atoms with Crippen molar-refractivity contribution in [1.82, 2.24) is 4.98 Å². The lowest BCUT2D eigenvalue weighted by molar-refractivity contribution is -0.138. The molecule has 7 heteroatoms. The summed E-state index contributed by atoms with van der Waals surface area (Å²) in [5, 5.41) is 6.61. The number of hydrogen-bond acceptors (Lipinski definition) is 3. The molecule has 0 aliphatic heterocycles. The lowest BCUT2D eigenvalue weighted by atomic mass is 9.77. The van der Waals surface area contributed by atoms with Crippen LogP contribution in [0.1, 0.15) is 47.4 Å². The number of aromatic nitrogens is 1. The van der Waals surface area contributed by atoms with Gasteiger partial charge >= 0.3 is 6.18 Å². The summed E-state index contributed by atoms with van der Waals surface area (Å²) in [5.74, 6) is 0.944. The zero-order chi connectivity index (χ0) is 31.6. The Labute approximate surface area is 259 Å². The molecule has 6 aromatic rings. The van der Waals surface area contributed by atoms with Crippen molar-refractivity contribution in [3.8, 4) is 11.5 Å². The van der Waals surface area contributed by atoms with Crippen molar-refractivity contribution < 1.29 is 27.0 Å². The maximum absolute atomic E-state index is 13.8. The van der Waals surface area contributed by atoms with Crippen molar-refractivity contribution in [3.05, 3.63) is 125 Å². The van der Waals surface area contributed by atoms with E-state index in [0.29, 0.717) is 6.42 Å². The third-order valence-electron chi connectivity index (χ3n) is 8.78. The highest BCUT2D eigenvalue weighted by atomic mass is 19.4. The van der Waals surface area contributed by atoms with Crippen LogP contribution in [0.15, 0.2) is 97.3 Å². The van der Waals surface area contributed by atoms with Crippen LogP contribution in [0.5, 0.6) is 11.5 Å². The zero-order valence-corrected chi connectivity index (χ0v) is 25.1. The lowest BCUT2D eigenvalue weighted by Crippen LogP contribution is -2.14. The van der Waals surface area contributed by atoms with Gasteiger partial charge in [0.15, 0.2) is 0 Å². The van der Waals surface area contributed by atoms with Gasteiger partial charge in [-0.2, -0.15) is 13.2 Å². The van der Waals surface area contributed by atoms with Crippen LogP contribution in [0.3, 0.4) is 0 Å². The summed E-state index contributed by atoms with van der Waals surface area (Å²) in [6, 6.07) is 25.1. The topological polar surface area (TPSA) is 31.4 Å². The second-order valence-corrected chi connectivity index (χ2v) is 11.3. The Bertz CT molecular complexity index is 1920. The van der Waals surface area contributed by atoms with Gasteiger partial charge in [-0.25, -0.2) is 4.39 Å². The molecule has 0 N–H and O–H groups in total. The summed E-state index contributed by atoms with van der Waals surface area (Å²) < 4.78 is 65.5. The van der Waals surface area contributed by atoms with Crippen LogP contribution in [-0.4, -0.2) is 19.2 Å². The average Bonchev–Trinajstić information content (AvgIpc) is 3.06. The number of aryl methyl sites for hydroxylation is 2. The van der Waals surface area contributed by atoms with Crippen LogP contribution < -0.4 is 9.47 Å². The highest BCUT2D eigenvalue weighted by Gasteiger charge is 2.33. The number of rotatable bonds is 5. The third-order valence-corrected chi connectivity index (χ3v) is 8.78. The minimum Gasteiger partial charge on any atom is -0.496 e. The summed E-state index contributed by atoms with van der Waals surface area (Å²) in [5.41, 5.74) is 1.65. The fourth-order valence-corrected chi connectivity index (χ4v) is 6.67. The minimum atomic E-state index is -4.50. The number of pyridine rings is 1. The average molecular weight is 612 g/mol. The Morgan fingerprint density at radius 2 is 1.60 bits per heavy atom. The van der Waals surface area contributed by atoms with Crippen molar-refractivity contribution in [2.45, 2.75) is 44.2 Å². The minimum absolute atomic E-state index is 0.0187. The maximum Gasteiger partial charge on any atom is 0.416 e. The Balaban J connectivity index is 0.000000301. The molecule has 7 rings (SSSR count). The first-order chi connectivity index (χ1) is 21.8. The smallest absolute Gasteiger partial charge is 0.416 e. The first-order valence-corrected chi connectivity index (χ1v) is 15.0. The van der Waals surface area contributed by atoms with Gasteiger partial charge in [-0.3, -0.25) is 4.98 Å². The Kier molecular flexibility index (Phi) is 8.61. The molecule has 0 fully saturated rings. The molecular formula is C38H33F4NO2. The summed E-state index contributed by atoms with van der Waals surface area (Å²) in [7, 11) is 3.28. The van der Waals surface area contributed by atoms with Gasteiger partial charge < -0.3 is 9.47 Å². The van der Waals surface area contributed by atoms with Gasteiger partial charge in [0.2, 0.25) is 0 Å². The van der Waals surface area contributed by atoms with Gasteiger partial charge in [0, 0.05) is 12.4 Å². The Hall–Kier alpha value is -4.65. The van der Waals surface area contributed by atoms with E-state index in [1.54, 1.807) is 14.2 Å². The van der Waals surface area contributed by atoms with Gasteiger partial charge in [0.1, 0.15) is 17.3 Å². The number of halogens is 4. The SMILES string of the molecule is COc1cccc2c1c(OC)cc1c3c(ccc12)[C@H](CCc1cc(F)ccc1C(F)(F)F)CCC3.c1ccc2cnccc2c1. The molecule has 0 saturated carbocycles. The molecule has 0 radical (unpaired) electrons. The predicted octanol–water partition coefficient (Wildman–Crippen LogP) is 10.5. The number of ether oxygens (including phenoxy) is 2. The molecule has 1 aromatic heterocycles. The first kappa shape index (κ1) is 30.4. The fourth-order valence-electron chi connectivity index (χ4n) is 6.67. The van der Waals surface area contributed by atoms with Crippen molar-refractivity contribution in [3.63, 3.8) is 0 Å². The van der Waals surface area contributed by atoms with E-state index in [-0.39, 0.29) is 17.9 Å².